The number of amides is 1. The van der Waals surface area contributed by atoms with Crippen molar-refractivity contribution >= 4 is 28.2 Å². The van der Waals surface area contributed by atoms with Gasteiger partial charge in [-0.1, -0.05) is 37.3 Å². The highest BCUT2D eigenvalue weighted by Crippen LogP contribution is 2.25. The quantitative estimate of drug-likeness (QED) is 0.433. The van der Waals surface area contributed by atoms with Crippen LogP contribution in [0.15, 0.2) is 73.1 Å². The van der Waals surface area contributed by atoms with Gasteiger partial charge in [-0.15, -0.1) is 0 Å². The van der Waals surface area contributed by atoms with Crippen molar-refractivity contribution < 1.29 is 9.53 Å². The van der Waals surface area contributed by atoms with E-state index in [-0.39, 0.29) is 12.0 Å². The maximum absolute atomic E-state index is 13.0. The maximum Gasteiger partial charge on any atom is 0.256 e. The second kappa shape index (κ2) is 11.7. The molecule has 2 aromatic carbocycles. The Morgan fingerprint density at radius 3 is 2.74 bits per heavy atom. The molecule has 0 bridgehead atoms. The number of fused-ring (bicyclic) bond motifs is 1. The van der Waals surface area contributed by atoms with E-state index in [1.807, 2.05) is 32.2 Å². The highest BCUT2D eigenvalue weighted by Gasteiger charge is 2.16. The summed E-state index contributed by atoms with van der Waals surface area (Å²) in [7, 11) is 2.05. The molecule has 0 saturated carbocycles. The summed E-state index contributed by atoms with van der Waals surface area (Å²) in [5.74, 6) is 1.04. The normalized spacial score (nSPS) is 14.9. The van der Waals surface area contributed by atoms with Gasteiger partial charge in [-0.25, -0.2) is 4.98 Å². The van der Waals surface area contributed by atoms with Crippen LogP contribution in [0.4, 0.5) is 5.82 Å². The lowest BCUT2D eigenvalue weighted by atomic mass is 10.1. The number of piperidine rings is 1. The lowest BCUT2D eigenvalue weighted by Gasteiger charge is -2.24. The number of nitrogens with zero attached hydrogens (tertiary/aromatic N) is 2. The number of benzene rings is 2. The molecule has 2 heterocycles. The van der Waals surface area contributed by atoms with E-state index in [0.29, 0.717) is 11.4 Å². The average molecular weight is 471 g/mol. The molecule has 2 N–H and O–H groups in total. The van der Waals surface area contributed by atoms with Gasteiger partial charge in [-0.2, -0.15) is 0 Å². The lowest BCUT2D eigenvalue weighted by molar-refractivity contribution is 0.102. The molecule has 0 unspecified atom stereocenters. The second-order valence-electron chi connectivity index (χ2n) is 8.76. The Morgan fingerprint density at radius 1 is 1.14 bits per heavy atom. The minimum absolute atomic E-state index is 0.185. The number of pyridine rings is 1. The molecular formula is C29H34N4O2. The van der Waals surface area contributed by atoms with Gasteiger partial charge in [0.15, 0.2) is 0 Å². The number of hydrogen-bond donors (Lipinski definition) is 2. The zero-order valence-corrected chi connectivity index (χ0v) is 20.8. The van der Waals surface area contributed by atoms with Gasteiger partial charge in [0.25, 0.3) is 5.91 Å². The summed E-state index contributed by atoms with van der Waals surface area (Å²) in [5, 5.41) is 8.32. The Labute approximate surface area is 207 Å². The van der Waals surface area contributed by atoms with Crippen LogP contribution in [0, 0.1) is 0 Å². The smallest absolute Gasteiger partial charge is 0.256 e. The second-order valence-corrected chi connectivity index (χ2v) is 8.76. The number of carbonyl (C=O) groups is 1. The van der Waals surface area contributed by atoms with Gasteiger partial charge in [0.1, 0.15) is 17.7 Å². The molecule has 3 aromatic rings. The van der Waals surface area contributed by atoms with Crippen molar-refractivity contribution in [3.8, 4) is 5.75 Å². The molecule has 6 heteroatoms. The first kappa shape index (κ1) is 24.5. The zero-order chi connectivity index (χ0) is 24.6. The Hall–Kier alpha value is -3.64. The summed E-state index contributed by atoms with van der Waals surface area (Å²) in [4.78, 5) is 19.5. The summed E-state index contributed by atoms with van der Waals surface area (Å²) in [6.07, 6.45) is 11.2. The number of carbonyl (C=O) groups excluding carboxylic acids is 1. The van der Waals surface area contributed by atoms with Gasteiger partial charge in [0.2, 0.25) is 0 Å². The van der Waals surface area contributed by atoms with Gasteiger partial charge >= 0.3 is 0 Å². The Kier molecular flexibility index (Phi) is 8.16. The fourth-order valence-corrected chi connectivity index (χ4v) is 4.29. The number of rotatable bonds is 8. The van der Waals surface area contributed by atoms with Crippen molar-refractivity contribution in [1.29, 1.82) is 0 Å². The van der Waals surface area contributed by atoms with Crippen LogP contribution in [-0.2, 0) is 0 Å². The van der Waals surface area contributed by atoms with Crippen LogP contribution in [0.1, 0.15) is 49.0 Å². The van der Waals surface area contributed by atoms with E-state index < -0.39 is 0 Å². The van der Waals surface area contributed by atoms with E-state index in [2.05, 4.69) is 64.0 Å². The molecule has 0 spiro atoms. The first-order valence-electron chi connectivity index (χ1n) is 12.3. The SMILES string of the molecule is C/C=C(/c1ccc2cnc(NC(=O)c3cccc(OC4CCNCC4)c3)cc2c1)N(C)/C=C/CC. The van der Waals surface area contributed by atoms with Crippen LogP contribution < -0.4 is 15.4 Å². The minimum atomic E-state index is -0.206. The molecule has 1 aliphatic rings. The highest BCUT2D eigenvalue weighted by molar-refractivity contribution is 6.04. The van der Waals surface area contributed by atoms with E-state index in [0.717, 1.165) is 60.1 Å². The van der Waals surface area contributed by atoms with E-state index >= 15 is 0 Å². The van der Waals surface area contributed by atoms with E-state index in [1.54, 1.807) is 18.3 Å². The molecule has 0 atom stereocenters. The first-order chi connectivity index (χ1) is 17.1. The molecule has 1 aliphatic heterocycles. The third-order valence-electron chi connectivity index (χ3n) is 6.16. The van der Waals surface area contributed by atoms with E-state index in [1.165, 1.54) is 0 Å². The standard InChI is InChI=1S/C29H34N4O2/c1-4-6-16-33(3)27(5-2)21-10-11-23-20-31-28(19-24(23)17-21)32-29(34)22-8-7-9-26(18-22)35-25-12-14-30-15-13-25/h5-11,16-20,25,30H,4,12-15H2,1-3H3,(H,31,32,34)/b16-6+,27-5-. The third-order valence-corrected chi connectivity index (χ3v) is 6.16. The number of hydrogen-bond acceptors (Lipinski definition) is 5. The molecule has 6 nitrogen and oxygen atoms in total. The molecule has 182 valence electrons. The fourth-order valence-electron chi connectivity index (χ4n) is 4.29. The fraction of sp³-hybridized carbons (Fsp3) is 0.310. The van der Waals surface area contributed by atoms with E-state index in [9.17, 15) is 4.79 Å². The van der Waals surface area contributed by atoms with Crippen molar-refractivity contribution in [2.24, 2.45) is 0 Å². The number of allylic oxidation sites excluding steroid dienone is 2. The van der Waals surface area contributed by atoms with Gasteiger partial charge < -0.3 is 20.3 Å². The minimum Gasteiger partial charge on any atom is -0.490 e. The predicted molar refractivity (Wildman–Crippen MR) is 144 cm³/mol. The topological polar surface area (TPSA) is 66.5 Å². The number of anilines is 1. The van der Waals surface area contributed by atoms with Crippen LogP contribution in [-0.4, -0.2) is 42.0 Å². The van der Waals surface area contributed by atoms with Gasteiger partial charge in [0.05, 0.1) is 0 Å². The molecule has 35 heavy (non-hydrogen) atoms. The summed E-state index contributed by atoms with van der Waals surface area (Å²) in [6.45, 7) is 6.08. The molecular weight excluding hydrogens is 436 g/mol. The average Bonchev–Trinajstić information content (AvgIpc) is 2.88. The molecule has 1 saturated heterocycles. The highest BCUT2D eigenvalue weighted by atomic mass is 16.5. The van der Waals surface area contributed by atoms with Crippen LogP contribution in [0.25, 0.3) is 16.5 Å². The van der Waals surface area contributed by atoms with Crippen molar-refractivity contribution in [3.63, 3.8) is 0 Å². The van der Waals surface area contributed by atoms with Crippen molar-refractivity contribution in [1.82, 2.24) is 15.2 Å². The van der Waals surface area contributed by atoms with Gasteiger partial charge in [-0.3, -0.25) is 4.79 Å². The maximum atomic E-state index is 13.0. The summed E-state index contributed by atoms with van der Waals surface area (Å²) >= 11 is 0. The van der Waals surface area contributed by atoms with Crippen molar-refractivity contribution in [2.45, 2.75) is 39.2 Å². The largest absolute Gasteiger partial charge is 0.490 e. The van der Waals surface area contributed by atoms with Crippen LogP contribution in [0.2, 0.25) is 0 Å². The summed E-state index contributed by atoms with van der Waals surface area (Å²) in [6, 6.07) is 15.6. The van der Waals surface area contributed by atoms with Crippen LogP contribution in [0.3, 0.4) is 0 Å². The number of nitrogens with one attached hydrogen (secondary N) is 2. The first-order valence-corrected chi connectivity index (χ1v) is 12.3. The molecule has 4 rings (SSSR count). The van der Waals surface area contributed by atoms with Crippen LogP contribution >= 0.6 is 0 Å². The zero-order valence-electron chi connectivity index (χ0n) is 20.8. The predicted octanol–water partition coefficient (Wildman–Crippen LogP) is 5.83. The van der Waals surface area contributed by atoms with Crippen molar-refractivity contribution in [2.75, 3.05) is 25.5 Å². The number of ether oxygens (including phenoxy) is 1. The summed E-state index contributed by atoms with van der Waals surface area (Å²) in [5.41, 5.74) is 2.77. The van der Waals surface area contributed by atoms with Gasteiger partial charge in [-0.05, 0) is 86.8 Å². The molecule has 1 amide bonds. The third kappa shape index (κ3) is 6.28. The van der Waals surface area contributed by atoms with Gasteiger partial charge in [0, 0.05) is 29.9 Å². The summed E-state index contributed by atoms with van der Waals surface area (Å²) < 4.78 is 6.09. The Bertz CT molecular complexity index is 1230. The molecule has 0 aliphatic carbocycles. The number of aromatic nitrogens is 1. The molecule has 1 fully saturated rings. The Balaban J connectivity index is 1.50. The van der Waals surface area contributed by atoms with Crippen molar-refractivity contribution in [3.05, 3.63) is 84.2 Å². The lowest BCUT2D eigenvalue weighted by Crippen LogP contribution is -2.34. The van der Waals surface area contributed by atoms with Crippen LogP contribution in [0.5, 0.6) is 5.75 Å². The molecule has 1 aromatic heterocycles. The Morgan fingerprint density at radius 2 is 1.97 bits per heavy atom. The monoisotopic (exact) mass is 470 g/mol. The molecule has 0 radical (unpaired) electrons. The van der Waals surface area contributed by atoms with E-state index in [4.69, 9.17) is 4.74 Å².